The Morgan fingerprint density at radius 1 is 1.54 bits per heavy atom. The highest BCUT2D eigenvalue weighted by molar-refractivity contribution is 9.10. The van der Waals surface area contributed by atoms with E-state index in [0.717, 1.165) is 21.6 Å². The minimum absolute atomic E-state index is 0.963. The van der Waals surface area contributed by atoms with Gasteiger partial charge in [-0.05, 0) is 35.0 Å². The third kappa shape index (κ3) is 1.31. The monoisotopic (exact) mass is 239 g/mol. The van der Waals surface area contributed by atoms with Crippen molar-refractivity contribution in [3.8, 4) is 11.4 Å². The molecule has 0 atom stereocenters. The number of aryl methyl sites for hydroxylation is 1. The van der Waals surface area contributed by atoms with E-state index in [9.17, 15) is 0 Å². The molecule has 0 aliphatic carbocycles. The normalized spacial score (nSPS) is 10.7. The second-order valence-corrected chi connectivity index (χ2v) is 3.75. The number of hydrogen-bond donors (Lipinski definition) is 1. The van der Waals surface area contributed by atoms with E-state index in [1.807, 2.05) is 37.0 Å². The molecule has 0 amide bonds. The Balaban J connectivity index is 2.59. The number of H-pyrrole nitrogens is 1. The fraction of sp³-hybridized carbons (Fsp3) is 0.222. The molecule has 0 bridgehead atoms. The average molecular weight is 240 g/mol. The van der Waals surface area contributed by atoms with E-state index >= 15 is 0 Å². The maximum Gasteiger partial charge on any atom is 0.123 e. The molecular formula is C9H10BrN3. The van der Waals surface area contributed by atoms with Gasteiger partial charge in [0.2, 0.25) is 0 Å². The number of aromatic amines is 1. The van der Waals surface area contributed by atoms with Crippen molar-refractivity contribution in [3.63, 3.8) is 0 Å². The number of halogens is 1. The van der Waals surface area contributed by atoms with Gasteiger partial charge in [-0.1, -0.05) is 0 Å². The highest BCUT2D eigenvalue weighted by Gasteiger charge is 2.11. The van der Waals surface area contributed by atoms with Crippen molar-refractivity contribution >= 4 is 15.9 Å². The summed E-state index contributed by atoms with van der Waals surface area (Å²) in [6, 6.07) is 3.97. The molecule has 13 heavy (non-hydrogen) atoms. The molecule has 2 aromatic rings. The Bertz CT molecular complexity index is 414. The van der Waals surface area contributed by atoms with Gasteiger partial charge >= 0.3 is 0 Å². The summed E-state index contributed by atoms with van der Waals surface area (Å²) in [5, 5.41) is 4.39. The van der Waals surface area contributed by atoms with Crippen LogP contribution in [0.2, 0.25) is 0 Å². The van der Waals surface area contributed by atoms with Crippen LogP contribution in [-0.2, 0) is 7.05 Å². The molecule has 3 nitrogen and oxygen atoms in total. The Morgan fingerprint density at radius 2 is 2.31 bits per heavy atom. The molecule has 0 saturated carbocycles. The third-order valence-corrected chi connectivity index (χ3v) is 3.06. The highest BCUT2D eigenvalue weighted by atomic mass is 79.9. The van der Waals surface area contributed by atoms with Crippen LogP contribution in [0.3, 0.4) is 0 Å². The molecule has 0 unspecified atom stereocenters. The largest absolute Gasteiger partial charge is 0.360 e. The van der Waals surface area contributed by atoms with Gasteiger partial charge in [-0.3, -0.25) is 4.68 Å². The first-order valence-corrected chi connectivity index (χ1v) is 4.82. The van der Waals surface area contributed by atoms with Gasteiger partial charge in [0, 0.05) is 18.9 Å². The maximum atomic E-state index is 4.39. The Hall–Kier alpha value is -1.03. The van der Waals surface area contributed by atoms with Crippen molar-refractivity contribution in [1.82, 2.24) is 14.8 Å². The summed E-state index contributed by atoms with van der Waals surface area (Å²) in [7, 11) is 1.94. The number of hydrogen-bond acceptors (Lipinski definition) is 1. The third-order valence-electron chi connectivity index (χ3n) is 2.11. The molecule has 0 aromatic carbocycles. The van der Waals surface area contributed by atoms with Gasteiger partial charge < -0.3 is 4.98 Å². The van der Waals surface area contributed by atoms with Gasteiger partial charge in [0.15, 0.2) is 0 Å². The first kappa shape index (κ1) is 8.56. The minimum Gasteiger partial charge on any atom is -0.360 e. The Labute approximate surface area is 84.9 Å². The van der Waals surface area contributed by atoms with E-state index in [1.54, 1.807) is 0 Å². The van der Waals surface area contributed by atoms with Crippen LogP contribution in [0.5, 0.6) is 0 Å². The molecular weight excluding hydrogens is 230 g/mol. The smallest absolute Gasteiger partial charge is 0.123 e. The number of rotatable bonds is 1. The van der Waals surface area contributed by atoms with Crippen molar-refractivity contribution < 1.29 is 0 Å². The topological polar surface area (TPSA) is 33.6 Å². The minimum atomic E-state index is 0.963. The standard InChI is InChI=1S/C9H10BrN3/c1-6-8(10)9(12-13(6)2)7-4-3-5-11-7/h3-5,11H,1-2H3. The lowest BCUT2D eigenvalue weighted by Gasteiger charge is -1.91. The predicted octanol–water partition coefficient (Wildman–Crippen LogP) is 2.49. The summed E-state index contributed by atoms with van der Waals surface area (Å²) < 4.78 is 2.91. The second-order valence-electron chi connectivity index (χ2n) is 2.96. The second kappa shape index (κ2) is 3.03. The molecule has 2 heterocycles. The number of nitrogens with one attached hydrogen (secondary N) is 1. The summed E-state index contributed by atoms with van der Waals surface area (Å²) in [5.74, 6) is 0. The molecule has 0 saturated heterocycles. The van der Waals surface area contributed by atoms with Crippen molar-refractivity contribution in [2.24, 2.45) is 7.05 Å². The Kier molecular flexibility index (Phi) is 2.00. The fourth-order valence-corrected chi connectivity index (χ4v) is 1.78. The first-order chi connectivity index (χ1) is 6.20. The van der Waals surface area contributed by atoms with Gasteiger partial charge in [0.05, 0.1) is 10.2 Å². The number of aromatic nitrogens is 3. The lowest BCUT2D eigenvalue weighted by atomic mass is 10.3. The van der Waals surface area contributed by atoms with Crippen molar-refractivity contribution in [2.75, 3.05) is 0 Å². The van der Waals surface area contributed by atoms with Gasteiger partial charge in [0.25, 0.3) is 0 Å². The summed E-state index contributed by atoms with van der Waals surface area (Å²) in [6.07, 6.45) is 1.89. The zero-order chi connectivity index (χ0) is 9.42. The van der Waals surface area contributed by atoms with Crippen molar-refractivity contribution in [1.29, 1.82) is 0 Å². The molecule has 1 N–H and O–H groups in total. The number of nitrogens with zero attached hydrogens (tertiary/aromatic N) is 2. The van der Waals surface area contributed by atoms with Crippen LogP contribution in [0.25, 0.3) is 11.4 Å². The molecule has 0 spiro atoms. The van der Waals surface area contributed by atoms with Gasteiger partial charge in [-0.25, -0.2) is 0 Å². The van der Waals surface area contributed by atoms with Crippen LogP contribution in [0, 0.1) is 6.92 Å². The molecule has 0 fully saturated rings. The molecule has 4 heteroatoms. The summed E-state index contributed by atoms with van der Waals surface area (Å²) in [4.78, 5) is 3.13. The summed E-state index contributed by atoms with van der Waals surface area (Å²) >= 11 is 3.52. The average Bonchev–Trinajstić information content (AvgIpc) is 2.70. The van der Waals surface area contributed by atoms with E-state index in [1.165, 1.54) is 0 Å². The van der Waals surface area contributed by atoms with E-state index < -0.39 is 0 Å². The van der Waals surface area contributed by atoms with Crippen LogP contribution in [0.1, 0.15) is 5.69 Å². The SMILES string of the molecule is Cc1c(Br)c(-c2ccc[nH]2)nn1C. The fourth-order valence-electron chi connectivity index (χ4n) is 1.23. The molecule has 0 radical (unpaired) electrons. The molecule has 0 aliphatic heterocycles. The van der Waals surface area contributed by atoms with Gasteiger partial charge in [-0.15, -0.1) is 0 Å². The molecule has 68 valence electrons. The lowest BCUT2D eigenvalue weighted by molar-refractivity contribution is 0.741. The lowest BCUT2D eigenvalue weighted by Crippen LogP contribution is -1.92. The summed E-state index contributed by atoms with van der Waals surface area (Å²) in [5.41, 5.74) is 3.13. The van der Waals surface area contributed by atoms with E-state index in [4.69, 9.17) is 0 Å². The highest BCUT2D eigenvalue weighted by Crippen LogP contribution is 2.28. The first-order valence-electron chi connectivity index (χ1n) is 4.03. The quantitative estimate of drug-likeness (QED) is 0.816. The maximum absolute atomic E-state index is 4.39. The summed E-state index contributed by atoms with van der Waals surface area (Å²) in [6.45, 7) is 2.03. The van der Waals surface area contributed by atoms with Crippen LogP contribution in [0.15, 0.2) is 22.8 Å². The molecule has 2 aromatic heterocycles. The van der Waals surface area contributed by atoms with E-state index in [0.29, 0.717) is 0 Å². The van der Waals surface area contributed by atoms with Crippen LogP contribution < -0.4 is 0 Å². The predicted molar refractivity (Wildman–Crippen MR) is 55.4 cm³/mol. The van der Waals surface area contributed by atoms with Crippen LogP contribution in [-0.4, -0.2) is 14.8 Å². The molecule has 0 aliphatic rings. The van der Waals surface area contributed by atoms with Crippen molar-refractivity contribution in [2.45, 2.75) is 6.92 Å². The molecule has 2 rings (SSSR count). The Morgan fingerprint density at radius 3 is 2.77 bits per heavy atom. The van der Waals surface area contributed by atoms with Crippen LogP contribution >= 0.6 is 15.9 Å². The zero-order valence-electron chi connectivity index (χ0n) is 7.50. The zero-order valence-corrected chi connectivity index (χ0v) is 9.09. The van der Waals surface area contributed by atoms with Crippen LogP contribution in [0.4, 0.5) is 0 Å². The van der Waals surface area contributed by atoms with Gasteiger partial charge in [-0.2, -0.15) is 5.10 Å². The van der Waals surface area contributed by atoms with E-state index in [-0.39, 0.29) is 0 Å². The van der Waals surface area contributed by atoms with Crippen molar-refractivity contribution in [3.05, 3.63) is 28.5 Å². The van der Waals surface area contributed by atoms with E-state index in [2.05, 4.69) is 26.0 Å². The van der Waals surface area contributed by atoms with Gasteiger partial charge in [0.1, 0.15) is 5.69 Å².